The summed E-state index contributed by atoms with van der Waals surface area (Å²) in [5.74, 6) is 0.371. The molecule has 1 saturated heterocycles. The van der Waals surface area contributed by atoms with Crippen LogP contribution >= 0.6 is 0 Å². The van der Waals surface area contributed by atoms with Gasteiger partial charge in [-0.25, -0.2) is 13.2 Å². The maximum absolute atomic E-state index is 12.3. The van der Waals surface area contributed by atoms with E-state index in [0.29, 0.717) is 25.9 Å². The van der Waals surface area contributed by atoms with E-state index in [1.807, 2.05) is 45.0 Å². The van der Waals surface area contributed by atoms with Crippen LogP contribution in [0.1, 0.15) is 32.3 Å². The lowest BCUT2D eigenvalue weighted by atomic mass is 10.1. The standard InChI is InChI=1S/C17H26N2O3S/c1-13(2)12-23(21,22)16-7-9-19(10-8-16)17(20)18-15-6-4-5-14(3)11-15/h4-6,11,13,16H,7-10,12H2,1-3H3,(H,18,20). The molecule has 0 aromatic heterocycles. The molecular formula is C17H26N2O3S. The number of nitrogens with zero attached hydrogens (tertiary/aromatic N) is 1. The van der Waals surface area contributed by atoms with Crippen molar-refractivity contribution in [2.24, 2.45) is 5.92 Å². The number of amides is 2. The number of piperidine rings is 1. The van der Waals surface area contributed by atoms with Crippen LogP contribution in [0.4, 0.5) is 10.5 Å². The SMILES string of the molecule is Cc1cccc(NC(=O)N2CCC(S(=O)(=O)CC(C)C)CC2)c1. The van der Waals surface area contributed by atoms with E-state index in [0.717, 1.165) is 11.3 Å². The van der Waals surface area contributed by atoms with Gasteiger partial charge in [0.1, 0.15) is 0 Å². The topological polar surface area (TPSA) is 66.5 Å². The Hall–Kier alpha value is -1.56. The number of anilines is 1. The number of urea groups is 1. The maximum atomic E-state index is 12.3. The van der Waals surface area contributed by atoms with Crippen LogP contribution in [-0.4, -0.2) is 43.4 Å². The lowest BCUT2D eigenvalue weighted by Gasteiger charge is -2.32. The molecular weight excluding hydrogens is 312 g/mol. The molecule has 0 unspecified atom stereocenters. The summed E-state index contributed by atoms with van der Waals surface area (Å²) in [6, 6.07) is 7.48. The number of hydrogen-bond acceptors (Lipinski definition) is 3. The molecule has 128 valence electrons. The molecule has 0 radical (unpaired) electrons. The van der Waals surface area contributed by atoms with Gasteiger partial charge in [-0.05, 0) is 43.4 Å². The molecule has 1 fully saturated rings. The minimum absolute atomic E-state index is 0.141. The van der Waals surface area contributed by atoms with Gasteiger partial charge in [-0.2, -0.15) is 0 Å². The second-order valence-electron chi connectivity index (χ2n) is 6.71. The average molecular weight is 338 g/mol. The number of hydrogen-bond donors (Lipinski definition) is 1. The van der Waals surface area contributed by atoms with Crippen molar-refractivity contribution in [3.63, 3.8) is 0 Å². The van der Waals surface area contributed by atoms with Crippen molar-refractivity contribution in [1.29, 1.82) is 0 Å². The Morgan fingerprint density at radius 1 is 1.30 bits per heavy atom. The Morgan fingerprint density at radius 2 is 1.96 bits per heavy atom. The molecule has 0 atom stereocenters. The first kappa shape index (κ1) is 17.8. The van der Waals surface area contributed by atoms with Crippen molar-refractivity contribution in [3.05, 3.63) is 29.8 Å². The van der Waals surface area contributed by atoms with E-state index in [2.05, 4.69) is 5.32 Å². The maximum Gasteiger partial charge on any atom is 0.321 e. The van der Waals surface area contributed by atoms with Crippen molar-refractivity contribution < 1.29 is 13.2 Å². The van der Waals surface area contributed by atoms with Gasteiger partial charge in [0.15, 0.2) is 9.84 Å². The number of nitrogens with one attached hydrogen (secondary N) is 1. The van der Waals surface area contributed by atoms with Crippen molar-refractivity contribution >= 4 is 21.6 Å². The summed E-state index contributed by atoms with van der Waals surface area (Å²) in [7, 11) is -3.05. The molecule has 0 aliphatic carbocycles. The molecule has 6 heteroatoms. The van der Waals surface area contributed by atoms with Crippen LogP contribution in [0.2, 0.25) is 0 Å². The first-order chi connectivity index (χ1) is 10.8. The average Bonchev–Trinajstić information content (AvgIpc) is 2.46. The first-order valence-electron chi connectivity index (χ1n) is 8.12. The molecule has 1 N–H and O–H groups in total. The number of rotatable bonds is 4. The number of sulfone groups is 1. The Labute approximate surface area is 139 Å². The van der Waals surface area contributed by atoms with Crippen molar-refractivity contribution in [1.82, 2.24) is 4.90 Å². The zero-order valence-electron chi connectivity index (χ0n) is 14.1. The van der Waals surface area contributed by atoms with Crippen molar-refractivity contribution in [3.8, 4) is 0 Å². The van der Waals surface area contributed by atoms with Gasteiger partial charge in [-0.1, -0.05) is 26.0 Å². The van der Waals surface area contributed by atoms with Gasteiger partial charge in [0, 0.05) is 18.8 Å². The van der Waals surface area contributed by atoms with E-state index < -0.39 is 9.84 Å². The molecule has 2 amide bonds. The lowest BCUT2D eigenvalue weighted by Crippen LogP contribution is -2.45. The normalized spacial score (nSPS) is 16.6. The van der Waals surface area contributed by atoms with Crippen molar-refractivity contribution in [2.75, 3.05) is 24.2 Å². The van der Waals surface area contributed by atoms with Crippen LogP contribution in [0, 0.1) is 12.8 Å². The summed E-state index contributed by atoms with van der Waals surface area (Å²) in [6.45, 7) is 6.78. The second-order valence-corrected chi connectivity index (χ2v) is 9.04. The molecule has 0 bridgehead atoms. The fourth-order valence-electron chi connectivity index (χ4n) is 2.94. The van der Waals surface area contributed by atoms with Crippen LogP contribution in [0.25, 0.3) is 0 Å². The fourth-order valence-corrected chi connectivity index (χ4v) is 5.07. The Morgan fingerprint density at radius 3 is 2.52 bits per heavy atom. The van der Waals surface area contributed by atoms with Gasteiger partial charge in [-0.15, -0.1) is 0 Å². The van der Waals surface area contributed by atoms with Gasteiger partial charge < -0.3 is 10.2 Å². The number of benzene rings is 1. The molecule has 1 aromatic carbocycles. The third kappa shape index (κ3) is 4.96. The van der Waals surface area contributed by atoms with Gasteiger partial charge in [0.05, 0.1) is 11.0 Å². The summed E-state index contributed by atoms with van der Waals surface area (Å²) >= 11 is 0. The van der Waals surface area contributed by atoms with E-state index in [1.54, 1.807) is 4.90 Å². The predicted octanol–water partition coefficient (Wildman–Crippen LogP) is 3.06. The van der Waals surface area contributed by atoms with Crippen LogP contribution in [0.3, 0.4) is 0 Å². The number of aryl methyl sites for hydroxylation is 1. The van der Waals surface area contributed by atoms with Gasteiger partial charge in [0.25, 0.3) is 0 Å². The van der Waals surface area contributed by atoms with E-state index in [1.165, 1.54) is 0 Å². The summed E-state index contributed by atoms with van der Waals surface area (Å²) in [4.78, 5) is 14.0. The quantitative estimate of drug-likeness (QED) is 0.917. The summed E-state index contributed by atoms with van der Waals surface area (Å²) < 4.78 is 24.6. The summed E-state index contributed by atoms with van der Waals surface area (Å²) in [5, 5.41) is 2.56. The highest BCUT2D eigenvalue weighted by molar-refractivity contribution is 7.92. The Kier molecular flexibility index (Phi) is 5.68. The highest BCUT2D eigenvalue weighted by atomic mass is 32.2. The molecule has 0 saturated carbocycles. The molecule has 1 aromatic rings. The Bertz CT molecular complexity index is 648. The highest BCUT2D eigenvalue weighted by Gasteiger charge is 2.31. The van der Waals surface area contributed by atoms with Gasteiger partial charge in [0.2, 0.25) is 0 Å². The fraction of sp³-hybridized carbons (Fsp3) is 0.588. The predicted molar refractivity (Wildman–Crippen MR) is 93.4 cm³/mol. The zero-order valence-corrected chi connectivity index (χ0v) is 14.9. The molecule has 5 nitrogen and oxygen atoms in total. The molecule has 2 rings (SSSR count). The molecule has 0 spiro atoms. The minimum Gasteiger partial charge on any atom is -0.324 e. The largest absolute Gasteiger partial charge is 0.324 e. The summed E-state index contributed by atoms with van der Waals surface area (Å²) in [5.41, 5.74) is 1.85. The zero-order chi connectivity index (χ0) is 17.0. The van der Waals surface area contributed by atoms with Crippen molar-refractivity contribution in [2.45, 2.75) is 38.9 Å². The van der Waals surface area contributed by atoms with Crippen LogP contribution in [0.15, 0.2) is 24.3 Å². The first-order valence-corrected chi connectivity index (χ1v) is 9.83. The van der Waals surface area contributed by atoms with E-state index in [4.69, 9.17) is 0 Å². The van der Waals surface area contributed by atoms with E-state index >= 15 is 0 Å². The lowest BCUT2D eigenvalue weighted by molar-refractivity contribution is 0.200. The third-order valence-corrected chi connectivity index (χ3v) is 6.69. The highest BCUT2D eigenvalue weighted by Crippen LogP contribution is 2.21. The summed E-state index contributed by atoms with van der Waals surface area (Å²) in [6.07, 6.45) is 1.05. The van der Waals surface area contributed by atoms with Crippen LogP contribution < -0.4 is 5.32 Å². The van der Waals surface area contributed by atoms with E-state index in [-0.39, 0.29) is 23.0 Å². The number of carbonyl (C=O) groups is 1. The number of carbonyl (C=O) groups excluding carboxylic acids is 1. The minimum atomic E-state index is -3.05. The second kappa shape index (κ2) is 7.34. The molecule has 1 aliphatic heterocycles. The molecule has 23 heavy (non-hydrogen) atoms. The molecule has 1 aliphatic rings. The van der Waals surface area contributed by atoms with Crippen LogP contribution in [0.5, 0.6) is 0 Å². The monoisotopic (exact) mass is 338 g/mol. The number of likely N-dealkylation sites (tertiary alicyclic amines) is 1. The van der Waals surface area contributed by atoms with E-state index in [9.17, 15) is 13.2 Å². The smallest absolute Gasteiger partial charge is 0.321 e. The van der Waals surface area contributed by atoms with Crippen LogP contribution in [-0.2, 0) is 9.84 Å². The van der Waals surface area contributed by atoms with Gasteiger partial charge >= 0.3 is 6.03 Å². The third-order valence-electron chi connectivity index (χ3n) is 4.07. The molecule has 1 heterocycles. The van der Waals surface area contributed by atoms with Gasteiger partial charge in [-0.3, -0.25) is 0 Å². The Balaban J connectivity index is 1.90.